The van der Waals surface area contributed by atoms with Crippen molar-refractivity contribution in [2.24, 2.45) is 0 Å². The fraction of sp³-hybridized carbons (Fsp3) is 0.0769. The van der Waals surface area contributed by atoms with Crippen molar-refractivity contribution in [3.8, 4) is 5.75 Å². The molecule has 1 aromatic heterocycles. The molecule has 0 unspecified atom stereocenters. The Labute approximate surface area is 115 Å². The zero-order chi connectivity index (χ0) is 13.8. The molecule has 0 bridgehead atoms. The molecule has 2 rings (SSSR count). The van der Waals surface area contributed by atoms with Gasteiger partial charge in [-0.15, -0.1) is 0 Å². The number of amides is 1. The Hall–Kier alpha value is -2.27. The average molecular weight is 278 g/mol. The number of nitrogens with one attached hydrogen (secondary N) is 1. The molecule has 19 heavy (non-hydrogen) atoms. The molecule has 0 saturated carbocycles. The van der Waals surface area contributed by atoms with Crippen LogP contribution in [0, 0.1) is 0 Å². The molecule has 1 amide bonds. The second-order valence-electron chi connectivity index (χ2n) is 3.77. The third kappa shape index (κ3) is 2.95. The van der Waals surface area contributed by atoms with Crippen LogP contribution in [0.1, 0.15) is 10.4 Å². The minimum absolute atomic E-state index is 0.293. The summed E-state index contributed by atoms with van der Waals surface area (Å²) in [6.07, 6.45) is 2.92. The second-order valence-corrected chi connectivity index (χ2v) is 4.17. The van der Waals surface area contributed by atoms with Crippen molar-refractivity contribution in [3.63, 3.8) is 0 Å². The van der Waals surface area contributed by atoms with Crippen molar-refractivity contribution in [1.82, 2.24) is 4.98 Å². The number of methoxy groups -OCH3 is 1. The van der Waals surface area contributed by atoms with Crippen LogP contribution in [-0.2, 0) is 0 Å². The molecule has 3 N–H and O–H groups in total. The zero-order valence-electron chi connectivity index (χ0n) is 10.2. The summed E-state index contributed by atoms with van der Waals surface area (Å²) in [7, 11) is 1.53. The Balaban J connectivity index is 2.20. The number of hydrogen-bond acceptors (Lipinski definition) is 4. The summed E-state index contributed by atoms with van der Waals surface area (Å²) in [4.78, 5) is 15.8. The van der Waals surface area contributed by atoms with Crippen molar-refractivity contribution in [2.75, 3.05) is 18.2 Å². The third-order valence-electron chi connectivity index (χ3n) is 2.50. The van der Waals surface area contributed by atoms with Gasteiger partial charge in [-0.1, -0.05) is 11.6 Å². The molecule has 0 aliphatic heterocycles. The standard InChI is InChI=1S/C13H12ClN3O2/c1-19-12-3-2-8(6-11(12)15)17-13(18)9-4-5-16-7-10(9)14/h2-7H,15H2,1H3,(H,17,18). The van der Waals surface area contributed by atoms with Gasteiger partial charge in [0.15, 0.2) is 0 Å². The first-order valence-corrected chi connectivity index (χ1v) is 5.84. The molecule has 0 aliphatic rings. The van der Waals surface area contributed by atoms with E-state index in [9.17, 15) is 4.79 Å². The summed E-state index contributed by atoms with van der Waals surface area (Å²) in [5.41, 5.74) is 7.13. The van der Waals surface area contributed by atoms with Gasteiger partial charge in [-0.05, 0) is 24.3 Å². The van der Waals surface area contributed by atoms with Crippen LogP contribution in [0.3, 0.4) is 0 Å². The van der Waals surface area contributed by atoms with Crippen molar-refractivity contribution in [3.05, 3.63) is 47.2 Å². The minimum atomic E-state index is -0.322. The van der Waals surface area contributed by atoms with E-state index in [0.717, 1.165) is 0 Å². The van der Waals surface area contributed by atoms with Crippen molar-refractivity contribution in [1.29, 1.82) is 0 Å². The highest BCUT2D eigenvalue weighted by atomic mass is 35.5. The molecule has 1 heterocycles. The highest BCUT2D eigenvalue weighted by molar-refractivity contribution is 6.34. The average Bonchev–Trinajstić information content (AvgIpc) is 2.39. The van der Waals surface area contributed by atoms with Crippen molar-refractivity contribution >= 4 is 28.9 Å². The molecule has 0 aliphatic carbocycles. The van der Waals surface area contributed by atoms with Gasteiger partial charge in [0, 0.05) is 18.1 Å². The summed E-state index contributed by atoms with van der Waals surface area (Å²) in [6, 6.07) is 6.54. The maximum atomic E-state index is 12.0. The summed E-state index contributed by atoms with van der Waals surface area (Å²) in [5.74, 6) is 0.233. The number of aromatic nitrogens is 1. The number of nitrogens with two attached hydrogens (primary N) is 1. The Morgan fingerprint density at radius 3 is 2.84 bits per heavy atom. The summed E-state index contributed by atoms with van der Waals surface area (Å²) in [6.45, 7) is 0. The van der Waals surface area contributed by atoms with E-state index in [2.05, 4.69) is 10.3 Å². The monoisotopic (exact) mass is 277 g/mol. The molecule has 6 heteroatoms. The molecule has 0 atom stereocenters. The molecule has 0 radical (unpaired) electrons. The molecule has 2 aromatic rings. The number of ether oxygens (including phenoxy) is 1. The van der Waals surface area contributed by atoms with E-state index in [-0.39, 0.29) is 5.91 Å². The van der Waals surface area contributed by atoms with Gasteiger partial charge in [-0.3, -0.25) is 9.78 Å². The Bertz CT molecular complexity index is 617. The highest BCUT2D eigenvalue weighted by Crippen LogP contribution is 2.25. The smallest absolute Gasteiger partial charge is 0.257 e. The van der Waals surface area contributed by atoms with E-state index in [1.807, 2.05) is 0 Å². The highest BCUT2D eigenvalue weighted by Gasteiger charge is 2.11. The molecule has 98 valence electrons. The lowest BCUT2D eigenvalue weighted by atomic mass is 10.2. The van der Waals surface area contributed by atoms with Crippen LogP contribution in [0.15, 0.2) is 36.7 Å². The first-order valence-electron chi connectivity index (χ1n) is 5.46. The number of carbonyl (C=O) groups excluding carboxylic acids is 1. The summed E-state index contributed by atoms with van der Waals surface area (Å²) < 4.78 is 5.04. The Kier molecular flexibility index (Phi) is 3.87. The molecule has 5 nitrogen and oxygen atoms in total. The fourth-order valence-corrected chi connectivity index (χ4v) is 1.78. The fourth-order valence-electron chi connectivity index (χ4n) is 1.57. The Morgan fingerprint density at radius 1 is 1.42 bits per heavy atom. The predicted octanol–water partition coefficient (Wildman–Crippen LogP) is 2.58. The van der Waals surface area contributed by atoms with Crippen LogP contribution < -0.4 is 15.8 Å². The Morgan fingerprint density at radius 2 is 2.21 bits per heavy atom. The van der Waals surface area contributed by atoms with E-state index in [1.54, 1.807) is 24.3 Å². The van der Waals surface area contributed by atoms with E-state index >= 15 is 0 Å². The van der Waals surface area contributed by atoms with Gasteiger partial charge in [-0.2, -0.15) is 0 Å². The zero-order valence-corrected chi connectivity index (χ0v) is 10.9. The number of nitrogen functional groups attached to an aromatic ring is 1. The van der Waals surface area contributed by atoms with E-state index < -0.39 is 0 Å². The molecule has 0 saturated heterocycles. The van der Waals surface area contributed by atoms with Crippen molar-refractivity contribution in [2.45, 2.75) is 0 Å². The molecule has 1 aromatic carbocycles. The van der Waals surface area contributed by atoms with Crippen LogP contribution in [0.25, 0.3) is 0 Å². The molecular weight excluding hydrogens is 266 g/mol. The first kappa shape index (κ1) is 13.2. The molecule has 0 spiro atoms. The van der Waals surface area contributed by atoms with Gasteiger partial charge in [0.05, 0.1) is 23.4 Å². The molecule has 0 fully saturated rings. The van der Waals surface area contributed by atoms with Crippen molar-refractivity contribution < 1.29 is 9.53 Å². The number of hydrogen-bond donors (Lipinski definition) is 2. The quantitative estimate of drug-likeness (QED) is 0.846. The number of nitrogens with zero attached hydrogens (tertiary/aromatic N) is 1. The topological polar surface area (TPSA) is 77.2 Å². The summed E-state index contributed by atoms with van der Waals surface area (Å²) in [5, 5.41) is 3.00. The minimum Gasteiger partial charge on any atom is -0.495 e. The number of halogens is 1. The first-order chi connectivity index (χ1) is 9.11. The largest absolute Gasteiger partial charge is 0.495 e. The number of anilines is 2. The number of pyridine rings is 1. The van der Waals surface area contributed by atoms with Crippen LogP contribution in [0.2, 0.25) is 5.02 Å². The van der Waals surface area contributed by atoms with E-state index in [0.29, 0.717) is 27.7 Å². The third-order valence-corrected chi connectivity index (χ3v) is 2.81. The lowest BCUT2D eigenvalue weighted by Crippen LogP contribution is -2.12. The molecular formula is C13H12ClN3O2. The van der Waals surface area contributed by atoms with Gasteiger partial charge in [-0.25, -0.2) is 0 Å². The van der Waals surface area contributed by atoms with Gasteiger partial charge >= 0.3 is 0 Å². The lowest BCUT2D eigenvalue weighted by molar-refractivity contribution is 0.102. The van der Waals surface area contributed by atoms with Gasteiger partial charge in [0.1, 0.15) is 5.75 Å². The van der Waals surface area contributed by atoms with Crippen LogP contribution in [0.5, 0.6) is 5.75 Å². The normalized spacial score (nSPS) is 10.0. The van der Waals surface area contributed by atoms with E-state index in [1.165, 1.54) is 19.5 Å². The maximum absolute atomic E-state index is 12.0. The SMILES string of the molecule is COc1ccc(NC(=O)c2ccncc2Cl)cc1N. The van der Waals surface area contributed by atoms with E-state index in [4.69, 9.17) is 22.1 Å². The number of carbonyl (C=O) groups is 1. The van der Waals surface area contributed by atoms with Crippen LogP contribution in [-0.4, -0.2) is 18.0 Å². The summed E-state index contributed by atoms with van der Waals surface area (Å²) >= 11 is 5.90. The number of rotatable bonds is 3. The van der Waals surface area contributed by atoms with Gasteiger partial charge < -0.3 is 15.8 Å². The second kappa shape index (κ2) is 5.58. The van der Waals surface area contributed by atoms with Crippen LogP contribution in [0.4, 0.5) is 11.4 Å². The maximum Gasteiger partial charge on any atom is 0.257 e. The van der Waals surface area contributed by atoms with Gasteiger partial charge in [0.2, 0.25) is 0 Å². The number of benzene rings is 1. The lowest BCUT2D eigenvalue weighted by Gasteiger charge is -2.09. The van der Waals surface area contributed by atoms with Crippen LogP contribution >= 0.6 is 11.6 Å². The van der Waals surface area contributed by atoms with Gasteiger partial charge in [0.25, 0.3) is 5.91 Å². The predicted molar refractivity (Wildman–Crippen MR) is 74.6 cm³/mol.